The fraction of sp³-hybridized carbons (Fsp3) is 0.300. The summed E-state index contributed by atoms with van der Waals surface area (Å²) in [6.45, 7) is 4.35. The van der Waals surface area contributed by atoms with Crippen LogP contribution in [0.2, 0.25) is 0 Å². The molecule has 6 nitrogen and oxygen atoms in total. The van der Waals surface area contributed by atoms with Gasteiger partial charge in [0.05, 0.1) is 30.0 Å². The molecule has 0 unspecified atom stereocenters. The molecular weight excluding hydrogens is 349 g/mol. The summed E-state index contributed by atoms with van der Waals surface area (Å²) >= 11 is 0. The largest absolute Gasteiger partial charge is 0.379 e. The number of hydrogen-bond donors (Lipinski definition) is 2. The van der Waals surface area contributed by atoms with Gasteiger partial charge >= 0.3 is 0 Å². The lowest BCUT2D eigenvalue weighted by Crippen LogP contribution is -2.41. The minimum absolute atomic E-state index is 0.0694. The van der Waals surface area contributed by atoms with E-state index < -0.39 is 11.7 Å². The molecule has 1 heterocycles. The maximum absolute atomic E-state index is 13.8. The Balaban J connectivity index is 1.62. The second kappa shape index (κ2) is 9.25. The maximum atomic E-state index is 13.8. The summed E-state index contributed by atoms with van der Waals surface area (Å²) < 4.78 is 19.1. The van der Waals surface area contributed by atoms with Crippen LogP contribution in [-0.4, -0.2) is 56.1 Å². The number of carbonyl (C=O) groups excluding carboxylic acids is 2. The van der Waals surface area contributed by atoms with Gasteiger partial charge in [0, 0.05) is 26.2 Å². The Kier molecular flexibility index (Phi) is 6.51. The lowest BCUT2D eigenvalue weighted by Gasteiger charge is -2.26. The van der Waals surface area contributed by atoms with Gasteiger partial charge in [-0.2, -0.15) is 0 Å². The van der Waals surface area contributed by atoms with Crippen molar-refractivity contribution in [2.24, 2.45) is 0 Å². The predicted molar refractivity (Wildman–Crippen MR) is 100 cm³/mol. The molecule has 2 amide bonds. The zero-order chi connectivity index (χ0) is 19.1. The van der Waals surface area contributed by atoms with Gasteiger partial charge in [-0.05, 0) is 24.3 Å². The van der Waals surface area contributed by atoms with Crippen LogP contribution in [0.5, 0.6) is 0 Å². The van der Waals surface area contributed by atoms with Gasteiger partial charge in [-0.15, -0.1) is 0 Å². The summed E-state index contributed by atoms with van der Waals surface area (Å²) in [5.74, 6) is -1.49. The van der Waals surface area contributed by atoms with E-state index in [-0.39, 0.29) is 11.5 Å². The molecule has 3 rings (SSSR count). The van der Waals surface area contributed by atoms with E-state index in [4.69, 9.17) is 4.74 Å². The molecule has 27 heavy (non-hydrogen) atoms. The van der Waals surface area contributed by atoms with Crippen LogP contribution in [0.3, 0.4) is 0 Å². The van der Waals surface area contributed by atoms with E-state index in [0.29, 0.717) is 31.0 Å². The van der Waals surface area contributed by atoms with E-state index in [1.165, 1.54) is 18.2 Å². The van der Waals surface area contributed by atoms with Crippen LogP contribution in [0, 0.1) is 5.82 Å². The first-order valence-electron chi connectivity index (χ1n) is 8.88. The van der Waals surface area contributed by atoms with Crippen LogP contribution in [0.15, 0.2) is 48.5 Å². The van der Waals surface area contributed by atoms with Crippen molar-refractivity contribution >= 4 is 17.5 Å². The Morgan fingerprint density at radius 1 is 0.963 bits per heavy atom. The number of nitrogens with zero attached hydrogens (tertiary/aromatic N) is 1. The Hall–Kier alpha value is -2.77. The molecule has 1 saturated heterocycles. The minimum atomic E-state index is -0.609. The number of nitrogens with one attached hydrogen (secondary N) is 2. The molecule has 1 aliphatic heterocycles. The van der Waals surface area contributed by atoms with Gasteiger partial charge in [-0.25, -0.2) is 4.39 Å². The van der Waals surface area contributed by atoms with Crippen molar-refractivity contribution in [3.05, 3.63) is 65.5 Å². The van der Waals surface area contributed by atoms with Gasteiger partial charge in [-0.3, -0.25) is 14.5 Å². The standard InChI is InChI=1S/C20H22FN3O3/c21-17-7-3-1-5-15(17)20(26)23-18-8-4-2-6-16(18)19(25)22-9-10-24-11-13-27-14-12-24/h1-8H,9-14H2,(H,22,25)(H,23,26). The predicted octanol–water partition coefficient (Wildman–Crippen LogP) is 2.14. The number of amides is 2. The fourth-order valence-electron chi connectivity index (χ4n) is 2.87. The fourth-order valence-corrected chi connectivity index (χ4v) is 2.87. The van der Waals surface area contributed by atoms with Crippen LogP contribution in [0.4, 0.5) is 10.1 Å². The quantitative estimate of drug-likeness (QED) is 0.816. The summed E-state index contributed by atoms with van der Waals surface area (Å²) in [5.41, 5.74) is 0.610. The molecule has 2 aromatic carbocycles. The highest BCUT2D eigenvalue weighted by Crippen LogP contribution is 2.17. The van der Waals surface area contributed by atoms with E-state index in [9.17, 15) is 14.0 Å². The molecule has 2 aromatic rings. The van der Waals surface area contributed by atoms with E-state index in [0.717, 1.165) is 19.6 Å². The van der Waals surface area contributed by atoms with Crippen LogP contribution < -0.4 is 10.6 Å². The Morgan fingerprint density at radius 3 is 2.37 bits per heavy atom. The molecule has 142 valence electrons. The maximum Gasteiger partial charge on any atom is 0.258 e. The first-order valence-corrected chi connectivity index (χ1v) is 8.88. The van der Waals surface area contributed by atoms with Gasteiger partial charge in [-0.1, -0.05) is 24.3 Å². The van der Waals surface area contributed by atoms with Gasteiger partial charge in [0.15, 0.2) is 0 Å². The number of halogens is 1. The van der Waals surface area contributed by atoms with Crippen molar-refractivity contribution in [3.8, 4) is 0 Å². The van der Waals surface area contributed by atoms with E-state index in [1.54, 1.807) is 30.3 Å². The normalized spacial score (nSPS) is 14.6. The van der Waals surface area contributed by atoms with Crippen molar-refractivity contribution in [3.63, 3.8) is 0 Å². The molecule has 0 radical (unpaired) electrons. The zero-order valence-corrected chi connectivity index (χ0v) is 14.9. The lowest BCUT2D eigenvalue weighted by molar-refractivity contribution is 0.0383. The number of ether oxygens (including phenoxy) is 1. The van der Waals surface area contributed by atoms with Gasteiger partial charge in [0.25, 0.3) is 11.8 Å². The molecule has 0 spiro atoms. The highest BCUT2D eigenvalue weighted by Gasteiger charge is 2.16. The first-order chi connectivity index (χ1) is 13.1. The number of benzene rings is 2. The molecule has 0 atom stereocenters. The molecule has 7 heteroatoms. The monoisotopic (exact) mass is 371 g/mol. The molecule has 0 aromatic heterocycles. The SMILES string of the molecule is O=C(Nc1ccccc1C(=O)NCCN1CCOCC1)c1ccccc1F. The molecular formula is C20H22FN3O3. The van der Waals surface area contributed by atoms with Crippen molar-refractivity contribution < 1.29 is 18.7 Å². The highest BCUT2D eigenvalue weighted by molar-refractivity contribution is 6.09. The Bertz CT molecular complexity index is 807. The van der Waals surface area contributed by atoms with Crippen LogP contribution in [0.1, 0.15) is 20.7 Å². The molecule has 2 N–H and O–H groups in total. The number of para-hydroxylation sites is 1. The third-order valence-electron chi connectivity index (χ3n) is 4.36. The van der Waals surface area contributed by atoms with E-state index in [2.05, 4.69) is 15.5 Å². The number of anilines is 1. The van der Waals surface area contributed by atoms with E-state index in [1.807, 2.05) is 0 Å². The third kappa shape index (κ3) is 5.12. The summed E-state index contributed by atoms with van der Waals surface area (Å²) in [7, 11) is 0. The molecule has 1 aliphatic rings. The summed E-state index contributed by atoms with van der Waals surface area (Å²) in [6, 6.07) is 12.4. The van der Waals surface area contributed by atoms with Crippen LogP contribution >= 0.6 is 0 Å². The summed E-state index contributed by atoms with van der Waals surface area (Å²) in [4.78, 5) is 27.1. The first kappa shape index (κ1) is 19.0. The summed E-state index contributed by atoms with van der Waals surface area (Å²) in [6.07, 6.45) is 0. The lowest BCUT2D eigenvalue weighted by atomic mass is 10.1. The number of rotatable bonds is 6. The van der Waals surface area contributed by atoms with Crippen molar-refractivity contribution in [2.75, 3.05) is 44.7 Å². The van der Waals surface area contributed by atoms with Crippen molar-refractivity contribution in [1.29, 1.82) is 0 Å². The van der Waals surface area contributed by atoms with E-state index >= 15 is 0 Å². The summed E-state index contributed by atoms with van der Waals surface area (Å²) in [5, 5.41) is 5.49. The second-order valence-corrected chi connectivity index (χ2v) is 6.19. The average Bonchev–Trinajstić information content (AvgIpc) is 2.69. The molecule has 0 saturated carbocycles. The minimum Gasteiger partial charge on any atom is -0.379 e. The molecule has 0 aliphatic carbocycles. The number of morpholine rings is 1. The molecule has 0 bridgehead atoms. The smallest absolute Gasteiger partial charge is 0.258 e. The van der Waals surface area contributed by atoms with Gasteiger partial charge in [0.2, 0.25) is 0 Å². The molecule has 1 fully saturated rings. The topological polar surface area (TPSA) is 70.7 Å². The average molecular weight is 371 g/mol. The Morgan fingerprint density at radius 2 is 1.63 bits per heavy atom. The van der Waals surface area contributed by atoms with Crippen molar-refractivity contribution in [2.45, 2.75) is 0 Å². The second-order valence-electron chi connectivity index (χ2n) is 6.19. The van der Waals surface area contributed by atoms with Gasteiger partial charge in [0.1, 0.15) is 5.82 Å². The van der Waals surface area contributed by atoms with Crippen LogP contribution in [-0.2, 0) is 4.74 Å². The number of carbonyl (C=O) groups is 2. The number of hydrogen-bond acceptors (Lipinski definition) is 4. The van der Waals surface area contributed by atoms with Crippen molar-refractivity contribution in [1.82, 2.24) is 10.2 Å². The van der Waals surface area contributed by atoms with Gasteiger partial charge < -0.3 is 15.4 Å². The zero-order valence-electron chi connectivity index (χ0n) is 14.9. The Labute approximate surface area is 157 Å². The van der Waals surface area contributed by atoms with Crippen LogP contribution in [0.25, 0.3) is 0 Å². The highest BCUT2D eigenvalue weighted by atomic mass is 19.1. The third-order valence-corrected chi connectivity index (χ3v) is 4.36.